The number of rotatable bonds is 3. The van der Waals surface area contributed by atoms with Crippen LogP contribution in [0.5, 0.6) is 0 Å². The first-order chi connectivity index (χ1) is 9.78. The molecule has 2 aromatic heterocycles. The number of hydrogen-bond acceptors (Lipinski definition) is 6. The van der Waals surface area contributed by atoms with Crippen molar-refractivity contribution >= 4 is 39.0 Å². The molecule has 0 fully saturated rings. The van der Waals surface area contributed by atoms with Gasteiger partial charge in [-0.15, -0.1) is 0 Å². The van der Waals surface area contributed by atoms with Gasteiger partial charge < -0.3 is 10.1 Å². The molecule has 0 unspecified atom stereocenters. The van der Waals surface area contributed by atoms with Gasteiger partial charge in [0.2, 0.25) is 0 Å². The summed E-state index contributed by atoms with van der Waals surface area (Å²) in [5.74, 6) is -0.383. The maximum Gasteiger partial charge on any atom is 0.349 e. The van der Waals surface area contributed by atoms with Gasteiger partial charge in [0.05, 0.1) is 24.5 Å². The van der Waals surface area contributed by atoms with E-state index in [0.29, 0.717) is 10.0 Å². The van der Waals surface area contributed by atoms with Crippen molar-refractivity contribution in [3.63, 3.8) is 0 Å². The molecule has 0 saturated heterocycles. The first-order valence-corrected chi connectivity index (χ1v) is 6.74. The van der Waals surface area contributed by atoms with Crippen molar-refractivity contribution in [2.24, 2.45) is 0 Å². The summed E-state index contributed by atoms with van der Waals surface area (Å²) >= 11 is 1.24. The molecule has 0 aliphatic heterocycles. The number of esters is 1. The van der Waals surface area contributed by atoms with Gasteiger partial charge in [0.1, 0.15) is 4.88 Å². The van der Waals surface area contributed by atoms with Gasteiger partial charge in [0, 0.05) is 11.6 Å². The lowest BCUT2D eigenvalue weighted by Gasteiger charge is -2.05. The van der Waals surface area contributed by atoms with E-state index in [0.717, 1.165) is 16.6 Å². The summed E-state index contributed by atoms with van der Waals surface area (Å²) in [5, 5.41) is 4.86. The minimum Gasteiger partial charge on any atom is -0.465 e. The number of pyridine rings is 1. The molecule has 3 rings (SSSR count). The molecule has 0 saturated carbocycles. The first-order valence-electron chi connectivity index (χ1n) is 5.93. The van der Waals surface area contributed by atoms with Crippen LogP contribution in [-0.4, -0.2) is 23.0 Å². The molecule has 100 valence electrons. The molecule has 2 heterocycles. The van der Waals surface area contributed by atoms with Crippen LogP contribution in [0.4, 0.5) is 10.8 Å². The minimum atomic E-state index is -0.383. The molecule has 0 radical (unpaired) electrons. The van der Waals surface area contributed by atoms with Crippen LogP contribution >= 0.6 is 11.3 Å². The molecule has 0 aliphatic rings. The van der Waals surface area contributed by atoms with Gasteiger partial charge in [0.25, 0.3) is 0 Å². The highest BCUT2D eigenvalue weighted by molar-refractivity contribution is 7.17. The number of para-hydroxylation sites is 1. The predicted octanol–water partition coefficient (Wildman–Crippen LogP) is 3.22. The monoisotopic (exact) mass is 285 g/mol. The molecular formula is C14H11N3O2S. The second-order valence-corrected chi connectivity index (χ2v) is 5.06. The van der Waals surface area contributed by atoms with E-state index in [4.69, 9.17) is 0 Å². The number of carbonyl (C=O) groups excluding carboxylic acids is 1. The van der Waals surface area contributed by atoms with E-state index in [1.165, 1.54) is 24.6 Å². The van der Waals surface area contributed by atoms with Crippen molar-refractivity contribution in [3.8, 4) is 0 Å². The molecule has 20 heavy (non-hydrogen) atoms. The molecule has 0 aliphatic carbocycles. The lowest BCUT2D eigenvalue weighted by Crippen LogP contribution is -1.96. The van der Waals surface area contributed by atoms with E-state index in [1.807, 2.05) is 30.3 Å². The number of anilines is 2. The third-order valence-electron chi connectivity index (χ3n) is 2.77. The lowest BCUT2D eigenvalue weighted by atomic mass is 10.2. The second-order valence-electron chi connectivity index (χ2n) is 4.03. The van der Waals surface area contributed by atoms with Crippen molar-refractivity contribution in [1.82, 2.24) is 9.97 Å². The number of methoxy groups -OCH3 is 1. The van der Waals surface area contributed by atoms with E-state index in [1.54, 1.807) is 6.20 Å². The number of aromatic nitrogens is 2. The van der Waals surface area contributed by atoms with Gasteiger partial charge in [-0.05, 0) is 12.1 Å². The average molecular weight is 285 g/mol. The van der Waals surface area contributed by atoms with Gasteiger partial charge in [0.15, 0.2) is 5.13 Å². The Balaban J connectivity index is 1.93. The molecule has 6 heteroatoms. The summed E-state index contributed by atoms with van der Waals surface area (Å²) in [7, 11) is 1.35. The predicted molar refractivity (Wildman–Crippen MR) is 78.5 cm³/mol. The number of hydrogen-bond donors (Lipinski definition) is 1. The summed E-state index contributed by atoms with van der Waals surface area (Å²) in [6.07, 6.45) is 3.24. The Labute approximate surface area is 119 Å². The largest absolute Gasteiger partial charge is 0.465 e. The lowest BCUT2D eigenvalue weighted by molar-refractivity contribution is 0.0606. The molecule has 0 spiro atoms. The summed E-state index contributed by atoms with van der Waals surface area (Å²) in [5.41, 5.74) is 1.72. The highest BCUT2D eigenvalue weighted by Crippen LogP contribution is 2.27. The van der Waals surface area contributed by atoms with Crippen LogP contribution < -0.4 is 5.32 Å². The number of thiazole rings is 1. The Morgan fingerprint density at radius 1 is 1.25 bits per heavy atom. The molecule has 5 nitrogen and oxygen atoms in total. The first kappa shape index (κ1) is 12.6. The fourth-order valence-electron chi connectivity index (χ4n) is 1.85. The van der Waals surface area contributed by atoms with E-state index in [-0.39, 0.29) is 5.97 Å². The van der Waals surface area contributed by atoms with Gasteiger partial charge in [-0.1, -0.05) is 29.5 Å². The summed E-state index contributed by atoms with van der Waals surface area (Å²) in [4.78, 5) is 20.4. The molecular weight excluding hydrogens is 274 g/mol. The second kappa shape index (κ2) is 5.26. The van der Waals surface area contributed by atoms with Crippen molar-refractivity contribution in [2.75, 3.05) is 12.4 Å². The molecule has 0 atom stereocenters. The molecule has 0 amide bonds. The van der Waals surface area contributed by atoms with Crippen LogP contribution in [0.15, 0.2) is 42.7 Å². The molecule has 0 bridgehead atoms. The van der Waals surface area contributed by atoms with Crippen LogP contribution in [0.25, 0.3) is 10.9 Å². The number of ether oxygens (including phenoxy) is 1. The number of carbonyl (C=O) groups is 1. The van der Waals surface area contributed by atoms with E-state index >= 15 is 0 Å². The van der Waals surface area contributed by atoms with Crippen LogP contribution in [0.1, 0.15) is 9.67 Å². The SMILES string of the molecule is COC(=O)c1cnc(Nc2cccc3cccnc23)s1. The summed E-state index contributed by atoms with van der Waals surface area (Å²) in [6.45, 7) is 0. The number of nitrogens with one attached hydrogen (secondary N) is 1. The Morgan fingerprint density at radius 3 is 2.95 bits per heavy atom. The summed E-state index contributed by atoms with van der Waals surface area (Å²) in [6, 6.07) is 9.76. The van der Waals surface area contributed by atoms with Gasteiger partial charge >= 0.3 is 5.97 Å². The van der Waals surface area contributed by atoms with Crippen LogP contribution in [0.3, 0.4) is 0 Å². The van der Waals surface area contributed by atoms with Crippen LogP contribution in [-0.2, 0) is 4.74 Å². The highest BCUT2D eigenvalue weighted by atomic mass is 32.1. The number of fused-ring (bicyclic) bond motifs is 1. The van der Waals surface area contributed by atoms with Gasteiger partial charge in [-0.2, -0.15) is 0 Å². The van der Waals surface area contributed by atoms with E-state index in [9.17, 15) is 4.79 Å². The van der Waals surface area contributed by atoms with Crippen LogP contribution in [0, 0.1) is 0 Å². The standard InChI is InChI=1S/C14H11N3O2S/c1-19-13(18)11-8-16-14(20-11)17-10-6-2-4-9-5-3-7-15-12(9)10/h2-8H,1H3,(H,16,17). The zero-order valence-corrected chi connectivity index (χ0v) is 11.5. The van der Waals surface area contributed by atoms with Crippen molar-refractivity contribution in [2.45, 2.75) is 0 Å². The fraction of sp³-hybridized carbons (Fsp3) is 0.0714. The van der Waals surface area contributed by atoms with Crippen LogP contribution in [0.2, 0.25) is 0 Å². The fourth-order valence-corrected chi connectivity index (χ4v) is 2.59. The zero-order chi connectivity index (χ0) is 13.9. The summed E-state index contributed by atoms with van der Waals surface area (Å²) < 4.78 is 4.66. The Kier molecular flexibility index (Phi) is 3.30. The maximum absolute atomic E-state index is 11.4. The minimum absolute atomic E-state index is 0.383. The van der Waals surface area contributed by atoms with Crippen molar-refractivity contribution < 1.29 is 9.53 Å². The Bertz CT molecular complexity index is 764. The normalized spacial score (nSPS) is 10.4. The van der Waals surface area contributed by atoms with Crippen molar-refractivity contribution in [1.29, 1.82) is 0 Å². The average Bonchev–Trinajstić information content (AvgIpc) is 2.95. The van der Waals surface area contributed by atoms with Gasteiger partial charge in [-0.25, -0.2) is 9.78 Å². The van der Waals surface area contributed by atoms with E-state index in [2.05, 4.69) is 20.0 Å². The van der Waals surface area contributed by atoms with E-state index < -0.39 is 0 Å². The third kappa shape index (κ3) is 2.33. The number of nitrogens with zero attached hydrogens (tertiary/aromatic N) is 2. The zero-order valence-electron chi connectivity index (χ0n) is 10.7. The molecule has 1 N–H and O–H groups in total. The third-order valence-corrected chi connectivity index (χ3v) is 3.66. The Morgan fingerprint density at radius 2 is 2.10 bits per heavy atom. The maximum atomic E-state index is 11.4. The highest BCUT2D eigenvalue weighted by Gasteiger charge is 2.11. The molecule has 1 aromatic carbocycles. The molecule has 3 aromatic rings. The topological polar surface area (TPSA) is 64.1 Å². The number of benzene rings is 1. The smallest absolute Gasteiger partial charge is 0.349 e. The van der Waals surface area contributed by atoms with Crippen molar-refractivity contribution in [3.05, 3.63) is 47.6 Å². The quantitative estimate of drug-likeness (QED) is 0.748. The van der Waals surface area contributed by atoms with Gasteiger partial charge in [-0.3, -0.25) is 4.98 Å². The Hall–Kier alpha value is -2.47.